The summed E-state index contributed by atoms with van der Waals surface area (Å²) in [6.07, 6.45) is 0. The van der Waals surface area contributed by atoms with Crippen LogP contribution in [0.15, 0.2) is 276 Å². The van der Waals surface area contributed by atoms with Gasteiger partial charge in [0, 0.05) is 49.7 Å². The highest BCUT2D eigenvalue weighted by atomic mass is 16.3. The summed E-state index contributed by atoms with van der Waals surface area (Å²) in [4.78, 5) is 29.6. The van der Waals surface area contributed by atoms with Crippen molar-refractivity contribution in [1.29, 1.82) is 0 Å². The van der Waals surface area contributed by atoms with Crippen LogP contribution < -0.4 is 4.90 Å². The molecule has 8 heteroatoms. The van der Waals surface area contributed by atoms with Crippen molar-refractivity contribution < 1.29 is 8.83 Å². The standard InChI is InChI=1S/C74H44N6O2/c1-4-20-45(21-5-1)47-24-18-25-49(42-47)72-77-70(46-22-6-2-7-23-46)78-73(79-72)55-30-19-33-60-66(55)56-43-50(39-41-57(56)74(60)58-31-12-14-34-61(58)80(51-26-8-3-9-27-51)62-35-15-13-32-59(62)74)71-75-67(69-68(76-71)54-29-11-17-37-64(54)82-69)48-38-40-53-52-28-10-16-36-63(52)81-65(53)44-48/h1-44H. The molecule has 1 spiro atoms. The molecule has 0 radical (unpaired) electrons. The van der Waals surface area contributed by atoms with Crippen LogP contribution in [-0.4, -0.2) is 24.9 Å². The summed E-state index contributed by atoms with van der Waals surface area (Å²) in [5, 5.41) is 3.01. The number of anilines is 3. The van der Waals surface area contributed by atoms with Crippen LogP contribution in [-0.2, 0) is 5.41 Å². The van der Waals surface area contributed by atoms with Crippen LogP contribution in [0, 0.1) is 0 Å². The molecule has 0 N–H and O–H groups in total. The quantitative estimate of drug-likeness (QED) is 0.156. The van der Waals surface area contributed by atoms with Crippen LogP contribution in [0.25, 0.3) is 123 Å². The Hall–Kier alpha value is -11.1. The molecule has 15 aromatic rings. The second-order valence-corrected chi connectivity index (χ2v) is 21.0. The van der Waals surface area contributed by atoms with E-state index < -0.39 is 5.41 Å². The third-order valence-electron chi connectivity index (χ3n) is 16.5. The molecule has 0 atom stereocenters. The maximum atomic E-state index is 6.70. The molecular formula is C74H44N6O2. The van der Waals surface area contributed by atoms with E-state index >= 15 is 0 Å². The fourth-order valence-electron chi connectivity index (χ4n) is 13.0. The molecule has 4 aromatic heterocycles. The van der Waals surface area contributed by atoms with Gasteiger partial charge in [-0.1, -0.05) is 200 Å². The maximum absolute atomic E-state index is 6.70. The summed E-state index contributed by atoms with van der Waals surface area (Å²) in [5.74, 6) is 2.29. The number of benzene rings is 11. The van der Waals surface area contributed by atoms with E-state index in [1.165, 1.54) is 0 Å². The largest absolute Gasteiger partial charge is 0.456 e. The molecule has 0 amide bonds. The second kappa shape index (κ2) is 18.0. The highest BCUT2D eigenvalue weighted by Crippen LogP contribution is 2.65. The van der Waals surface area contributed by atoms with Gasteiger partial charge in [0.15, 0.2) is 28.9 Å². The van der Waals surface area contributed by atoms with Gasteiger partial charge in [-0.05, 0) is 111 Å². The molecule has 0 bridgehead atoms. The van der Waals surface area contributed by atoms with E-state index in [0.29, 0.717) is 34.6 Å². The maximum Gasteiger partial charge on any atom is 0.180 e. The summed E-state index contributed by atoms with van der Waals surface area (Å²) in [5.41, 5.74) is 20.0. The lowest BCUT2D eigenvalue weighted by Gasteiger charge is -2.45. The first-order chi connectivity index (χ1) is 40.6. The Labute approximate surface area is 471 Å². The van der Waals surface area contributed by atoms with Crippen molar-refractivity contribution in [1.82, 2.24) is 24.9 Å². The predicted molar refractivity (Wildman–Crippen MR) is 328 cm³/mol. The number of fused-ring (bicyclic) bond motifs is 15. The number of hydrogen-bond acceptors (Lipinski definition) is 8. The molecule has 0 fully saturated rings. The predicted octanol–water partition coefficient (Wildman–Crippen LogP) is 18.6. The molecule has 1 aliphatic heterocycles. The van der Waals surface area contributed by atoms with Gasteiger partial charge in [0.1, 0.15) is 28.0 Å². The summed E-state index contributed by atoms with van der Waals surface area (Å²) in [6, 6.07) is 93.5. The Balaban J connectivity index is 0.938. The van der Waals surface area contributed by atoms with Gasteiger partial charge in [-0.25, -0.2) is 24.9 Å². The van der Waals surface area contributed by atoms with Gasteiger partial charge in [0.05, 0.1) is 16.8 Å². The summed E-state index contributed by atoms with van der Waals surface area (Å²) in [7, 11) is 0. The molecule has 1 aliphatic carbocycles. The Morgan fingerprint density at radius 3 is 1.62 bits per heavy atom. The first kappa shape index (κ1) is 45.9. The summed E-state index contributed by atoms with van der Waals surface area (Å²) >= 11 is 0. The van der Waals surface area contributed by atoms with Gasteiger partial charge in [0.2, 0.25) is 0 Å². The first-order valence-electron chi connectivity index (χ1n) is 27.6. The number of hydrogen-bond donors (Lipinski definition) is 0. The molecule has 0 unspecified atom stereocenters. The smallest absolute Gasteiger partial charge is 0.180 e. The van der Waals surface area contributed by atoms with E-state index in [0.717, 1.165) is 128 Å². The Kier molecular flexibility index (Phi) is 10.1. The number of para-hydroxylation sites is 5. The molecule has 82 heavy (non-hydrogen) atoms. The molecule has 8 nitrogen and oxygen atoms in total. The number of furan rings is 2. The molecular weight excluding hydrogens is 1000 g/mol. The monoisotopic (exact) mass is 1050 g/mol. The highest BCUT2D eigenvalue weighted by molar-refractivity contribution is 6.10. The van der Waals surface area contributed by atoms with Crippen molar-refractivity contribution in [3.63, 3.8) is 0 Å². The van der Waals surface area contributed by atoms with Crippen LogP contribution in [0.5, 0.6) is 0 Å². The summed E-state index contributed by atoms with van der Waals surface area (Å²) in [6.45, 7) is 0. The Morgan fingerprint density at radius 2 is 0.854 bits per heavy atom. The average Bonchev–Trinajstić information content (AvgIpc) is 2.30. The first-order valence-corrected chi connectivity index (χ1v) is 27.6. The minimum atomic E-state index is -0.793. The van der Waals surface area contributed by atoms with Crippen molar-refractivity contribution in [3.05, 3.63) is 289 Å². The lowest BCUT2D eigenvalue weighted by Crippen LogP contribution is -2.36. The second-order valence-electron chi connectivity index (χ2n) is 21.0. The minimum absolute atomic E-state index is 0.563. The van der Waals surface area contributed by atoms with Crippen molar-refractivity contribution in [2.75, 3.05) is 4.90 Å². The van der Waals surface area contributed by atoms with Crippen molar-refractivity contribution in [3.8, 4) is 79.1 Å². The van der Waals surface area contributed by atoms with Gasteiger partial charge in [-0.2, -0.15) is 0 Å². The van der Waals surface area contributed by atoms with E-state index in [4.69, 9.17) is 33.8 Å². The zero-order valence-corrected chi connectivity index (χ0v) is 43.9. The van der Waals surface area contributed by atoms with Gasteiger partial charge < -0.3 is 13.7 Å². The number of rotatable bonds is 7. The van der Waals surface area contributed by atoms with Gasteiger partial charge in [-0.3, -0.25) is 0 Å². The molecule has 0 saturated carbocycles. The van der Waals surface area contributed by atoms with Gasteiger partial charge >= 0.3 is 0 Å². The van der Waals surface area contributed by atoms with Crippen LogP contribution >= 0.6 is 0 Å². The summed E-state index contributed by atoms with van der Waals surface area (Å²) < 4.78 is 13.2. The van der Waals surface area contributed by atoms with E-state index in [1.54, 1.807) is 0 Å². The van der Waals surface area contributed by atoms with Crippen molar-refractivity contribution in [2.24, 2.45) is 0 Å². The Bertz CT molecular complexity index is 5020. The SMILES string of the molecule is c1ccc(-c2cccc(-c3nc(-c4ccccc4)nc(-c4cccc5c4-c4cc(-c6nc(-c7ccc8c(c7)oc7ccccc78)c7oc8ccccc8c7n6)ccc4C54c5ccccc5N(c5ccccc5)c5ccccc54)n3)c2)cc1. The lowest BCUT2D eigenvalue weighted by molar-refractivity contribution is 0.666. The zero-order valence-electron chi connectivity index (χ0n) is 43.9. The molecule has 382 valence electrons. The normalized spacial score (nSPS) is 13.0. The van der Waals surface area contributed by atoms with E-state index in [2.05, 4.69) is 211 Å². The fourth-order valence-corrected chi connectivity index (χ4v) is 13.0. The highest BCUT2D eigenvalue weighted by Gasteiger charge is 2.52. The third kappa shape index (κ3) is 6.88. The molecule has 2 aliphatic rings. The minimum Gasteiger partial charge on any atom is -0.456 e. The van der Waals surface area contributed by atoms with E-state index in [-0.39, 0.29) is 0 Å². The van der Waals surface area contributed by atoms with Crippen LogP contribution in [0.3, 0.4) is 0 Å². The molecule has 0 saturated heterocycles. The van der Waals surface area contributed by atoms with Gasteiger partial charge in [-0.15, -0.1) is 0 Å². The van der Waals surface area contributed by atoms with Crippen LogP contribution in [0.4, 0.5) is 17.1 Å². The van der Waals surface area contributed by atoms with E-state index in [9.17, 15) is 0 Å². The van der Waals surface area contributed by atoms with Crippen LogP contribution in [0.2, 0.25) is 0 Å². The average molecular weight is 1050 g/mol. The van der Waals surface area contributed by atoms with Crippen molar-refractivity contribution >= 4 is 61.1 Å². The van der Waals surface area contributed by atoms with Crippen molar-refractivity contribution in [2.45, 2.75) is 5.41 Å². The molecule has 17 rings (SSSR count). The molecule has 5 heterocycles. The fraction of sp³-hybridized carbons (Fsp3) is 0.0135. The lowest BCUT2D eigenvalue weighted by atomic mass is 9.64. The van der Waals surface area contributed by atoms with Crippen LogP contribution in [0.1, 0.15) is 22.3 Å². The third-order valence-corrected chi connectivity index (χ3v) is 16.5. The van der Waals surface area contributed by atoms with Gasteiger partial charge in [0.25, 0.3) is 0 Å². The number of aromatic nitrogens is 5. The Morgan fingerprint density at radius 1 is 0.305 bits per heavy atom. The molecule has 11 aromatic carbocycles. The number of nitrogens with zero attached hydrogens (tertiary/aromatic N) is 6. The zero-order chi connectivity index (χ0) is 53.9. The topological polar surface area (TPSA) is 94.0 Å². The van der Waals surface area contributed by atoms with E-state index in [1.807, 2.05) is 60.7 Å².